The van der Waals surface area contributed by atoms with Crippen LogP contribution in [0.15, 0.2) is 42.5 Å². The Morgan fingerprint density at radius 1 is 1.17 bits per heavy atom. The zero-order valence-electron chi connectivity index (χ0n) is 15.9. The number of hydrogen-bond acceptors (Lipinski definition) is 7. The average Bonchev–Trinajstić information content (AvgIpc) is 3.11. The van der Waals surface area contributed by atoms with Gasteiger partial charge in [0.25, 0.3) is 11.6 Å². The molecule has 0 unspecified atom stereocenters. The Labute approximate surface area is 170 Å². The van der Waals surface area contributed by atoms with E-state index in [1.165, 1.54) is 32.2 Å². The molecule has 1 heterocycles. The van der Waals surface area contributed by atoms with Gasteiger partial charge in [0, 0.05) is 22.2 Å². The van der Waals surface area contributed by atoms with Crippen LogP contribution in [0.1, 0.15) is 22.2 Å². The summed E-state index contributed by atoms with van der Waals surface area (Å²) in [6, 6.07) is 11.2. The van der Waals surface area contributed by atoms with Gasteiger partial charge in [0.1, 0.15) is 10.6 Å². The summed E-state index contributed by atoms with van der Waals surface area (Å²) < 4.78 is 11.2. The SMILES string of the molecule is COc1ccc(C)cc1NC(=O)[C@@H](C)OC(=O)c1cc2cc([N+](=O)[O-])ccc2s1. The summed E-state index contributed by atoms with van der Waals surface area (Å²) in [5, 5.41) is 14.1. The lowest BCUT2D eigenvalue weighted by molar-refractivity contribution is -0.384. The summed E-state index contributed by atoms with van der Waals surface area (Å²) in [6.07, 6.45) is -1.05. The maximum absolute atomic E-state index is 12.4. The number of anilines is 1. The Bertz CT molecular complexity index is 1110. The van der Waals surface area contributed by atoms with Crippen LogP contribution < -0.4 is 10.1 Å². The molecule has 0 fully saturated rings. The van der Waals surface area contributed by atoms with E-state index in [4.69, 9.17) is 9.47 Å². The number of nitro groups is 1. The summed E-state index contributed by atoms with van der Waals surface area (Å²) in [5.41, 5.74) is 1.36. The van der Waals surface area contributed by atoms with E-state index in [-0.39, 0.29) is 10.6 Å². The number of nitrogens with zero attached hydrogens (tertiary/aromatic N) is 1. The van der Waals surface area contributed by atoms with E-state index in [2.05, 4.69) is 5.32 Å². The Morgan fingerprint density at radius 2 is 1.93 bits per heavy atom. The number of non-ortho nitro benzene ring substituents is 1. The van der Waals surface area contributed by atoms with Gasteiger partial charge < -0.3 is 14.8 Å². The molecular formula is C20H18N2O6S. The molecule has 0 aliphatic carbocycles. The number of benzene rings is 2. The number of nitro benzene ring substituents is 1. The van der Waals surface area contributed by atoms with Crippen LogP contribution in [-0.4, -0.2) is 30.0 Å². The Balaban J connectivity index is 1.71. The molecule has 0 aliphatic rings. The fourth-order valence-corrected chi connectivity index (χ4v) is 3.60. The zero-order valence-corrected chi connectivity index (χ0v) is 16.7. The first-order valence-corrected chi connectivity index (χ1v) is 9.44. The lowest BCUT2D eigenvalue weighted by atomic mass is 10.2. The largest absolute Gasteiger partial charge is 0.495 e. The number of rotatable bonds is 6. The highest BCUT2D eigenvalue weighted by atomic mass is 32.1. The van der Waals surface area contributed by atoms with Crippen molar-refractivity contribution in [3.63, 3.8) is 0 Å². The summed E-state index contributed by atoms with van der Waals surface area (Å²) >= 11 is 1.14. The highest BCUT2D eigenvalue weighted by molar-refractivity contribution is 7.20. The third-order valence-corrected chi connectivity index (χ3v) is 5.27. The van der Waals surface area contributed by atoms with Crippen LogP contribution in [0.25, 0.3) is 10.1 Å². The standard InChI is InChI=1S/C20H18N2O6S/c1-11-4-6-16(27-3)15(8-11)21-19(23)12(2)28-20(24)18-10-13-9-14(22(25)26)5-7-17(13)29-18/h4-10,12H,1-3H3,(H,21,23)/t12-/m1/s1. The van der Waals surface area contributed by atoms with Gasteiger partial charge >= 0.3 is 5.97 Å². The van der Waals surface area contributed by atoms with Crippen molar-refractivity contribution in [3.8, 4) is 5.75 Å². The van der Waals surface area contributed by atoms with Gasteiger partial charge in [0.05, 0.1) is 17.7 Å². The molecule has 150 valence electrons. The molecule has 0 saturated carbocycles. The molecule has 9 heteroatoms. The first-order chi connectivity index (χ1) is 13.8. The molecule has 3 rings (SSSR count). The molecule has 1 atom stereocenters. The Kier molecular flexibility index (Phi) is 5.79. The van der Waals surface area contributed by atoms with E-state index in [1.54, 1.807) is 18.2 Å². The number of amides is 1. The maximum Gasteiger partial charge on any atom is 0.349 e. The second-order valence-corrected chi connectivity index (χ2v) is 7.41. The third-order valence-electron chi connectivity index (χ3n) is 4.18. The monoisotopic (exact) mass is 414 g/mol. The molecule has 1 amide bonds. The van der Waals surface area contributed by atoms with Crippen molar-refractivity contribution in [3.05, 3.63) is 63.0 Å². The van der Waals surface area contributed by atoms with Gasteiger partial charge in [-0.1, -0.05) is 6.07 Å². The smallest absolute Gasteiger partial charge is 0.349 e. The Morgan fingerprint density at radius 3 is 2.62 bits per heavy atom. The second kappa shape index (κ2) is 8.27. The van der Waals surface area contributed by atoms with Gasteiger partial charge in [-0.3, -0.25) is 14.9 Å². The summed E-state index contributed by atoms with van der Waals surface area (Å²) in [6.45, 7) is 3.35. The molecule has 2 aromatic carbocycles. The topological polar surface area (TPSA) is 108 Å². The van der Waals surface area contributed by atoms with E-state index in [9.17, 15) is 19.7 Å². The molecule has 0 aliphatic heterocycles. The third kappa shape index (κ3) is 4.52. The lowest BCUT2D eigenvalue weighted by Gasteiger charge is -2.15. The fraction of sp³-hybridized carbons (Fsp3) is 0.200. The fourth-order valence-electron chi connectivity index (χ4n) is 2.67. The molecule has 3 aromatic rings. The number of thiophene rings is 1. The van der Waals surface area contributed by atoms with Crippen molar-refractivity contribution in [2.75, 3.05) is 12.4 Å². The van der Waals surface area contributed by atoms with Crippen LogP contribution >= 0.6 is 11.3 Å². The molecule has 1 N–H and O–H groups in total. The number of aryl methyl sites for hydroxylation is 1. The van der Waals surface area contributed by atoms with Gasteiger partial charge in [-0.25, -0.2) is 4.79 Å². The Hall–Kier alpha value is -3.46. The quantitative estimate of drug-likeness (QED) is 0.366. The van der Waals surface area contributed by atoms with Crippen LogP contribution in [0.2, 0.25) is 0 Å². The van der Waals surface area contributed by atoms with Crippen LogP contribution in [0.5, 0.6) is 5.75 Å². The predicted octanol–water partition coefficient (Wildman–Crippen LogP) is 4.31. The highest BCUT2D eigenvalue weighted by Crippen LogP contribution is 2.30. The molecule has 8 nitrogen and oxygen atoms in total. The van der Waals surface area contributed by atoms with Gasteiger partial charge in [-0.15, -0.1) is 11.3 Å². The molecule has 0 spiro atoms. The molecule has 1 aromatic heterocycles. The number of methoxy groups -OCH3 is 1. The van der Waals surface area contributed by atoms with Crippen molar-refractivity contribution in [2.45, 2.75) is 20.0 Å². The number of hydrogen-bond donors (Lipinski definition) is 1. The number of nitrogens with one attached hydrogen (secondary N) is 1. The summed E-state index contributed by atoms with van der Waals surface area (Å²) in [4.78, 5) is 35.5. The highest BCUT2D eigenvalue weighted by Gasteiger charge is 2.22. The average molecular weight is 414 g/mol. The van der Waals surface area contributed by atoms with Gasteiger partial charge in [0.15, 0.2) is 6.10 Å². The van der Waals surface area contributed by atoms with Crippen LogP contribution in [0.3, 0.4) is 0 Å². The predicted molar refractivity (Wildman–Crippen MR) is 110 cm³/mol. The molecule has 0 bridgehead atoms. The van der Waals surface area contributed by atoms with Crippen molar-refractivity contribution >= 4 is 44.7 Å². The maximum atomic E-state index is 12.4. The number of fused-ring (bicyclic) bond motifs is 1. The van der Waals surface area contributed by atoms with Crippen molar-refractivity contribution in [1.82, 2.24) is 0 Å². The van der Waals surface area contributed by atoms with Crippen molar-refractivity contribution < 1.29 is 24.0 Å². The van der Waals surface area contributed by atoms with Gasteiger partial charge in [-0.2, -0.15) is 0 Å². The van der Waals surface area contributed by atoms with Crippen LogP contribution in [0, 0.1) is 17.0 Å². The first-order valence-electron chi connectivity index (χ1n) is 8.63. The van der Waals surface area contributed by atoms with Crippen LogP contribution in [0.4, 0.5) is 11.4 Å². The normalized spacial score (nSPS) is 11.7. The minimum Gasteiger partial charge on any atom is -0.495 e. The van der Waals surface area contributed by atoms with Crippen LogP contribution in [-0.2, 0) is 9.53 Å². The van der Waals surface area contributed by atoms with E-state index in [0.29, 0.717) is 21.5 Å². The number of carbonyl (C=O) groups is 2. The molecule has 0 radical (unpaired) electrons. The van der Waals surface area contributed by atoms with Gasteiger partial charge in [-0.05, 0) is 43.7 Å². The first kappa shape index (κ1) is 20.3. The second-order valence-electron chi connectivity index (χ2n) is 6.33. The summed E-state index contributed by atoms with van der Waals surface area (Å²) in [5.74, 6) is -0.680. The molecule has 29 heavy (non-hydrogen) atoms. The molecular weight excluding hydrogens is 396 g/mol. The number of esters is 1. The van der Waals surface area contributed by atoms with E-state index in [0.717, 1.165) is 16.9 Å². The zero-order chi connectivity index (χ0) is 21.1. The summed E-state index contributed by atoms with van der Waals surface area (Å²) in [7, 11) is 1.50. The number of ether oxygens (including phenoxy) is 2. The molecule has 0 saturated heterocycles. The van der Waals surface area contributed by atoms with Gasteiger partial charge in [0.2, 0.25) is 0 Å². The minimum absolute atomic E-state index is 0.0601. The van der Waals surface area contributed by atoms with Crippen molar-refractivity contribution in [2.24, 2.45) is 0 Å². The van der Waals surface area contributed by atoms with E-state index < -0.39 is 22.9 Å². The minimum atomic E-state index is -1.05. The number of carbonyl (C=O) groups excluding carboxylic acids is 2. The van der Waals surface area contributed by atoms with E-state index in [1.807, 2.05) is 13.0 Å². The van der Waals surface area contributed by atoms with E-state index >= 15 is 0 Å². The lowest BCUT2D eigenvalue weighted by Crippen LogP contribution is -2.30. The van der Waals surface area contributed by atoms with Crippen molar-refractivity contribution in [1.29, 1.82) is 0 Å².